The molecule has 0 spiro atoms. The molecule has 1 N–H and O–H groups in total. The highest BCUT2D eigenvalue weighted by atomic mass is 32.1. The summed E-state index contributed by atoms with van der Waals surface area (Å²) in [7, 11) is 0. The maximum Gasteiger partial charge on any atom is 0.0590 e. The molecule has 0 aliphatic rings. The van der Waals surface area contributed by atoms with E-state index in [-0.39, 0.29) is 0 Å². The highest BCUT2D eigenvalue weighted by Gasteiger charge is 2.17. The lowest BCUT2D eigenvalue weighted by molar-refractivity contribution is 0.596. The maximum atomic E-state index is 3.68. The van der Waals surface area contributed by atoms with Crippen molar-refractivity contribution in [2.24, 2.45) is 0 Å². The molecule has 0 saturated carbocycles. The molecule has 0 fully saturated rings. The van der Waals surface area contributed by atoms with E-state index >= 15 is 0 Å². The van der Waals surface area contributed by atoms with Crippen LogP contribution in [0.15, 0.2) is 35.7 Å². The van der Waals surface area contributed by atoms with Crippen LogP contribution in [0.1, 0.15) is 41.0 Å². The molecular weight excluding hydrogens is 238 g/mol. The van der Waals surface area contributed by atoms with Crippen molar-refractivity contribution in [3.63, 3.8) is 0 Å². The van der Waals surface area contributed by atoms with Gasteiger partial charge in [0.2, 0.25) is 0 Å². The number of rotatable bonds is 5. The van der Waals surface area contributed by atoms with Gasteiger partial charge in [0.25, 0.3) is 0 Å². The van der Waals surface area contributed by atoms with Gasteiger partial charge in [-0.1, -0.05) is 31.2 Å². The third-order valence-electron chi connectivity index (χ3n) is 3.31. The van der Waals surface area contributed by atoms with Crippen LogP contribution in [-0.2, 0) is 0 Å². The van der Waals surface area contributed by atoms with Crippen LogP contribution in [0, 0.1) is 13.8 Å². The Morgan fingerprint density at radius 3 is 2.50 bits per heavy atom. The van der Waals surface area contributed by atoms with Crippen molar-refractivity contribution in [2.75, 3.05) is 6.54 Å². The molecule has 2 rings (SSSR count). The molecule has 0 bridgehead atoms. The predicted molar refractivity (Wildman–Crippen MR) is 80.4 cm³/mol. The van der Waals surface area contributed by atoms with E-state index in [1.54, 1.807) is 0 Å². The second kappa shape index (κ2) is 6.17. The molecule has 1 unspecified atom stereocenters. The van der Waals surface area contributed by atoms with Crippen LogP contribution in [0.5, 0.6) is 0 Å². The van der Waals surface area contributed by atoms with Crippen molar-refractivity contribution < 1.29 is 0 Å². The Morgan fingerprint density at radius 1 is 1.11 bits per heavy atom. The standard InChI is InChI=1S/C16H21NS/c1-4-10-17-16(15-9-11-18-13(15)3)14-8-6-5-7-12(14)2/h5-9,11,16-17H,4,10H2,1-3H3. The Bertz CT molecular complexity index is 501. The van der Waals surface area contributed by atoms with E-state index < -0.39 is 0 Å². The molecule has 1 atom stereocenters. The lowest BCUT2D eigenvalue weighted by atomic mass is 9.95. The molecule has 0 saturated heterocycles. The molecule has 96 valence electrons. The van der Waals surface area contributed by atoms with Crippen molar-refractivity contribution in [2.45, 2.75) is 33.2 Å². The Hall–Kier alpha value is -1.12. The lowest BCUT2D eigenvalue weighted by Gasteiger charge is -2.21. The number of hydrogen-bond donors (Lipinski definition) is 1. The zero-order valence-corrected chi connectivity index (χ0v) is 12.2. The zero-order chi connectivity index (χ0) is 13.0. The monoisotopic (exact) mass is 259 g/mol. The van der Waals surface area contributed by atoms with Gasteiger partial charge in [-0.15, -0.1) is 11.3 Å². The van der Waals surface area contributed by atoms with Crippen molar-refractivity contribution in [3.05, 3.63) is 57.3 Å². The minimum Gasteiger partial charge on any atom is -0.306 e. The first-order valence-electron chi connectivity index (χ1n) is 6.57. The molecule has 0 aliphatic carbocycles. The smallest absolute Gasteiger partial charge is 0.0590 e. The molecule has 2 aromatic rings. The first-order valence-corrected chi connectivity index (χ1v) is 7.45. The van der Waals surface area contributed by atoms with Crippen LogP contribution in [-0.4, -0.2) is 6.54 Å². The molecule has 1 aromatic heterocycles. The van der Waals surface area contributed by atoms with Crippen molar-refractivity contribution >= 4 is 11.3 Å². The van der Waals surface area contributed by atoms with Gasteiger partial charge >= 0.3 is 0 Å². The minimum atomic E-state index is 0.331. The van der Waals surface area contributed by atoms with Gasteiger partial charge in [0, 0.05) is 4.88 Å². The Kier molecular flexibility index (Phi) is 4.56. The Balaban J connectivity index is 2.37. The van der Waals surface area contributed by atoms with Crippen molar-refractivity contribution in [1.82, 2.24) is 5.32 Å². The summed E-state index contributed by atoms with van der Waals surface area (Å²) in [5.74, 6) is 0. The SMILES string of the molecule is CCCNC(c1ccccc1C)c1ccsc1C. The molecule has 0 radical (unpaired) electrons. The molecule has 0 aliphatic heterocycles. The highest BCUT2D eigenvalue weighted by molar-refractivity contribution is 7.10. The van der Waals surface area contributed by atoms with Crippen LogP contribution in [0.4, 0.5) is 0 Å². The second-order valence-corrected chi connectivity index (χ2v) is 5.80. The molecule has 18 heavy (non-hydrogen) atoms. The van der Waals surface area contributed by atoms with Gasteiger partial charge in [0.1, 0.15) is 0 Å². The van der Waals surface area contributed by atoms with Gasteiger partial charge in [-0.05, 0) is 54.9 Å². The fourth-order valence-corrected chi connectivity index (χ4v) is 3.02. The summed E-state index contributed by atoms with van der Waals surface area (Å²) in [6.07, 6.45) is 1.16. The van der Waals surface area contributed by atoms with Crippen molar-refractivity contribution in [1.29, 1.82) is 0 Å². The van der Waals surface area contributed by atoms with E-state index in [4.69, 9.17) is 0 Å². The first-order chi connectivity index (χ1) is 8.74. The summed E-state index contributed by atoms with van der Waals surface area (Å²) in [4.78, 5) is 1.41. The minimum absolute atomic E-state index is 0.331. The number of thiophene rings is 1. The fourth-order valence-electron chi connectivity index (χ4n) is 2.28. The van der Waals surface area contributed by atoms with E-state index in [9.17, 15) is 0 Å². The number of aryl methyl sites for hydroxylation is 2. The lowest BCUT2D eigenvalue weighted by Crippen LogP contribution is -2.24. The van der Waals surface area contributed by atoms with Gasteiger partial charge in [-0.25, -0.2) is 0 Å². The molecular formula is C16H21NS. The van der Waals surface area contributed by atoms with E-state index in [2.05, 4.69) is 61.8 Å². The summed E-state index contributed by atoms with van der Waals surface area (Å²) in [5, 5.41) is 5.86. The molecule has 0 amide bonds. The van der Waals surface area contributed by atoms with Crippen molar-refractivity contribution in [3.8, 4) is 0 Å². The second-order valence-electron chi connectivity index (χ2n) is 4.68. The highest BCUT2D eigenvalue weighted by Crippen LogP contribution is 2.29. The number of hydrogen-bond acceptors (Lipinski definition) is 2. The van der Waals surface area contributed by atoms with E-state index in [0.717, 1.165) is 13.0 Å². The first kappa shape index (κ1) is 13.3. The summed E-state index contributed by atoms with van der Waals surface area (Å²) in [6, 6.07) is 11.2. The summed E-state index contributed by atoms with van der Waals surface area (Å²) >= 11 is 1.83. The molecule has 1 heterocycles. The van der Waals surface area contributed by atoms with E-state index in [0.29, 0.717) is 6.04 Å². The number of nitrogens with one attached hydrogen (secondary N) is 1. The van der Waals surface area contributed by atoms with Crippen LogP contribution in [0.3, 0.4) is 0 Å². The van der Waals surface area contributed by atoms with E-state index in [1.165, 1.54) is 21.6 Å². The van der Waals surface area contributed by atoms with Gasteiger partial charge in [0.05, 0.1) is 6.04 Å². The average Bonchev–Trinajstić information content (AvgIpc) is 2.78. The summed E-state index contributed by atoms with van der Waals surface area (Å²) in [6.45, 7) is 7.66. The average molecular weight is 259 g/mol. The normalized spacial score (nSPS) is 12.6. The maximum absolute atomic E-state index is 3.68. The summed E-state index contributed by atoms with van der Waals surface area (Å²) in [5.41, 5.74) is 4.17. The number of benzene rings is 1. The van der Waals surface area contributed by atoms with Crippen LogP contribution in [0.25, 0.3) is 0 Å². The zero-order valence-electron chi connectivity index (χ0n) is 11.4. The Labute approximate surface area is 114 Å². The third-order valence-corrected chi connectivity index (χ3v) is 4.17. The van der Waals surface area contributed by atoms with Gasteiger partial charge < -0.3 is 5.32 Å². The van der Waals surface area contributed by atoms with Gasteiger partial charge in [-0.3, -0.25) is 0 Å². The van der Waals surface area contributed by atoms with Gasteiger partial charge in [-0.2, -0.15) is 0 Å². The molecule has 1 nitrogen and oxygen atoms in total. The summed E-state index contributed by atoms with van der Waals surface area (Å²) < 4.78 is 0. The molecule has 1 aromatic carbocycles. The molecule has 2 heteroatoms. The largest absolute Gasteiger partial charge is 0.306 e. The fraction of sp³-hybridized carbons (Fsp3) is 0.375. The van der Waals surface area contributed by atoms with E-state index in [1.807, 2.05) is 11.3 Å². The quantitative estimate of drug-likeness (QED) is 0.836. The van der Waals surface area contributed by atoms with Crippen LogP contribution in [0.2, 0.25) is 0 Å². The van der Waals surface area contributed by atoms with Gasteiger partial charge in [0.15, 0.2) is 0 Å². The predicted octanol–water partition coefficient (Wildman–Crippen LogP) is 4.45. The third kappa shape index (κ3) is 2.82. The Morgan fingerprint density at radius 2 is 1.89 bits per heavy atom. The van der Waals surface area contributed by atoms with Crippen LogP contribution >= 0.6 is 11.3 Å². The van der Waals surface area contributed by atoms with Crippen LogP contribution < -0.4 is 5.32 Å². The topological polar surface area (TPSA) is 12.0 Å².